The third kappa shape index (κ3) is 6.85. The van der Waals surface area contributed by atoms with Gasteiger partial charge in [0.25, 0.3) is 0 Å². The monoisotopic (exact) mass is 521 g/mol. The largest absolute Gasteiger partial charge is 0.488 e. The van der Waals surface area contributed by atoms with Crippen molar-refractivity contribution in [2.24, 2.45) is 0 Å². The smallest absolute Gasteiger partial charge is 0.335 e. The van der Waals surface area contributed by atoms with Crippen LogP contribution in [0.2, 0.25) is 0 Å². The normalized spacial score (nSPS) is 11.9. The van der Waals surface area contributed by atoms with Gasteiger partial charge in [-0.15, -0.1) is 11.3 Å². The highest BCUT2D eigenvalue weighted by molar-refractivity contribution is 7.15. The Morgan fingerprint density at radius 3 is 2.41 bits per heavy atom. The van der Waals surface area contributed by atoms with Crippen LogP contribution in [0.3, 0.4) is 0 Å². The van der Waals surface area contributed by atoms with Gasteiger partial charge in [-0.05, 0) is 55.7 Å². The molecule has 1 atom stereocenters. The van der Waals surface area contributed by atoms with Gasteiger partial charge in [0.1, 0.15) is 18.1 Å². The number of nitrogens with zero attached hydrogens (tertiary/aromatic N) is 1. The van der Waals surface area contributed by atoms with Crippen molar-refractivity contribution in [3.05, 3.63) is 82.4 Å². The minimum atomic E-state index is -0.605. The number of ether oxygens (including phenoxy) is 3. The van der Waals surface area contributed by atoms with Crippen molar-refractivity contribution in [3.8, 4) is 27.5 Å². The molecule has 7 nitrogen and oxygen atoms in total. The molecule has 4 aromatic rings. The molecule has 1 N–H and O–H groups in total. The van der Waals surface area contributed by atoms with Gasteiger partial charge in [0.2, 0.25) is 0 Å². The maximum absolute atomic E-state index is 12.1. The van der Waals surface area contributed by atoms with E-state index in [1.165, 1.54) is 5.56 Å². The first-order valence-electron chi connectivity index (χ1n) is 12.3. The Labute approximate surface area is 220 Å². The van der Waals surface area contributed by atoms with Gasteiger partial charge in [-0.2, -0.15) is 0 Å². The molecule has 0 saturated carbocycles. The van der Waals surface area contributed by atoms with Crippen LogP contribution in [-0.4, -0.2) is 35.6 Å². The summed E-state index contributed by atoms with van der Waals surface area (Å²) in [6, 6.07) is 19.7. The Morgan fingerprint density at radius 1 is 1.03 bits per heavy atom. The number of hydrogen-bond donors (Lipinski definition) is 1. The number of aryl methyl sites for hydroxylation is 1. The van der Waals surface area contributed by atoms with Crippen molar-refractivity contribution in [2.45, 2.75) is 46.5 Å². The third-order valence-electron chi connectivity index (χ3n) is 5.83. The Kier molecular flexibility index (Phi) is 9.11. The SMILES string of the molecule is CCOC(=O)[C@H](Cc1ccc(OCc2sc(-c3ccc(-c4cc(CO)no4)cc3)cc2C)cc1)OCC. The lowest BCUT2D eigenvalue weighted by Crippen LogP contribution is -2.28. The predicted molar refractivity (Wildman–Crippen MR) is 142 cm³/mol. The van der Waals surface area contributed by atoms with E-state index in [0.29, 0.717) is 37.7 Å². The zero-order chi connectivity index (χ0) is 26.2. The lowest BCUT2D eigenvalue weighted by atomic mass is 10.1. The van der Waals surface area contributed by atoms with Crippen LogP contribution < -0.4 is 4.74 Å². The molecular weight excluding hydrogens is 490 g/mol. The number of aromatic nitrogens is 1. The number of rotatable bonds is 12. The number of hydrogen-bond acceptors (Lipinski definition) is 8. The van der Waals surface area contributed by atoms with Gasteiger partial charge in [-0.1, -0.05) is 41.6 Å². The molecule has 0 bridgehead atoms. The van der Waals surface area contributed by atoms with E-state index in [2.05, 4.69) is 30.3 Å². The summed E-state index contributed by atoms with van der Waals surface area (Å²) in [4.78, 5) is 14.4. The molecule has 194 valence electrons. The van der Waals surface area contributed by atoms with Gasteiger partial charge in [0, 0.05) is 34.4 Å². The number of thiophene rings is 1. The number of aliphatic hydroxyl groups excluding tert-OH is 1. The first kappa shape index (κ1) is 26.6. The van der Waals surface area contributed by atoms with Gasteiger partial charge in [-0.25, -0.2) is 4.79 Å². The number of carbonyl (C=O) groups is 1. The van der Waals surface area contributed by atoms with Crippen LogP contribution in [0.25, 0.3) is 21.8 Å². The van der Waals surface area contributed by atoms with Crippen molar-refractivity contribution in [3.63, 3.8) is 0 Å². The van der Waals surface area contributed by atoms with Crippen molar-refractivity contribution in [1.29, 1.82) is 0 Å². The fourth-order valence-corrected chi connectivity index (χ4v) is 4.95. The minimum absolute atomic E-state index is 0.144. The van der Waals surface area contributed by atoms with E-state index < -0.39 is 6.10 Å². The second-order valence-corrected chi connectivity index (χ2v) is 9.60. The topological polar surface area (TPSA) is 91.0 Å². The first-order chi connectivity index (χ1) is 18.0. The number of benzene rings is 2. The third-order valence-corrected chi connectivity index (χ3v) is 7.09. The molecule has 0 aliphatic heterocycles. The Bertz CT molecular complexity index is 1290. The van der Waals surface area contributed by atoms with Crippen LogP contribution in [0.15, 0.2) is 65.2 Å². The summed E-state index contributed by atoms with van der Waals surface area (Å²) in [5, 5.41) is 13.0. The van der Waals surface area contributed by atoms with Crippen molar-refractivity contribution >= 4 is 17.3 Å². The van der Waals surface area contributed by atoms with Gasteiger partial charge in [0.05, 0.1) is 13.2 Å². The standard InChI is InChI=1S/C29H31NO6S/c1-4-33-26(29(32)34-5-2)15-20-6-12-24(13-7-20)35-18-28-19(3)14-27(37-28)22-10-8-21(9-11-22)25-16-23(17-31)30-36-25/h6-14,16,26,31H,4-5,15,17-18H2,1-3H3/t26-/m0/s1. The summed E-state index contributed by atoms with van der Waals surface area (Å²) in [6.45, 7) is 6.85. The molecule has 0 amide bonds. The van der Waals surface area contributed by atoms with Crippen molar-refractivity contribution < 1.29 is 28.6 Å². The molecule has 0 fully saturated rings. The van der Waals surface area contributed by atoms with Crippen LogP contribution in [0.5, 0.6) is 5.75 Å². The van der Waals surface area contributed by atoms with E-state index in [1.807, 2.05) is 43.3 Å². The summed E-state index contributed by atoms with van der Waals surface area (Å²) < 4.78 is 22.0. The fraction of sp³-hybridized carbons (Fsp3) is 0.310. The first-order valence-corrected chi connectivity index (χ1v) is 13.1. The van der Waals surface area contributed by atoms with E-state index in [9.17, 15) is 9.90 Å². The van der Waals surface area contributed by atoms with Crippen molar-refractivity contribution in [2.75, 3.05) is 13.2 Å². The van der Waals surface area contributed by atoms with Crippen LogP contribution in [0, 0.1) is 6.92 Å². The molecule has 0 aliphatic rings. The van der Waals surface area contributed by atoms with E-state index in [1.54, 1.807) is 24.3 Å². The summed E-state index contributed by atoms with van der Waals surface area (Å²) in [6.07, 6.45) is -0.148. The Hall–Kier alpha value is -3.46. The minimum Gasteiger partial charge on any atom is -0.488 e. The molecule has 0 aliphatic carbocycles. The van der Waals surface area contributed by atoms with Gasteiger partial charge >= 0.3 is 5.97 Å². The maximum Gasteiger partial charge on any atom is 0.335 e. The molecule has 0 unspecified atom stereocenters. The zero-order valence-corrected chi connectivity index (χ0v) is 22.0. The number of aliphatic hydroxyl groups is 1. The lowest BCUT2D eigenvalue weighted by Gasteiger charge is -2.15. The van der Waals surface area contributed by atoms with Gasteiger partial charge in [-0.3, -0.25) is 0 Å². The van der Waals surface area contributed by atoms with Crippen LogP contribution in [0.4, 0.5) is 0 Å². The molecule has 0 saturated heterocycles. The summed E-state index contributed by atoms with van der Waals surface area (Å²) in [7, 11) is 0. The highest BCUT2D eigenvalue weighted by Gasteiger charge is 2.20. The maximum atomic E-state index is 12.1. The zero-order valence-electron chi connectivity index (χ0n) is 21.2. The molecule has 4 rings (SSSR count). The number of esters is 1. The quantitative estimate of drug-likeness (QED) is 0.230. The van der Waals surface area contributed by atoms with Crippen LogP contribution >= 0.6 is 11.3 Å². The second-order valence-electron chi connectivity index (χ2n) is 8.47. The fourth-order valence-electron chi connectivity index (χ4n) is 3.86. The predicted octanol–water partition coefficient (Wildman–Crippen LogP) is 5.96. The molecular formula is C29H31NO6S. The van der Waals surface area contributed by atoms with Gasteiger partial charge in [0.15, 0.2) is 11.9 Å². The second kappa shape index (κ2) is 12.7. The Morgan fingerprint density at radius 2 is 1.76 bits per heavy atom. The number of carbonyl (C=O) groups excluding carboxylic acids is 1. The Balaban J connectivity index is 1.36. The highest BCUT2D eigenvalue weighted by Crippen LogP contribution is 2.33. The highest BCUT2D eigenvalue weighted by atomic mass is 32.1. The molecule has 8 heteroatoms. The van der Waals surface area contributed by atoms with E-state index in [4.69, 9.17) is 18.7 Å². The molecule has 2 aromatic carbocycles. The molecule has 2 heterocycles. The van der Waals surface area contributed by atoms with Crippen molar-refractivity contribution in [1.82, 2.24) is 5.16 Å². The molecule has 37 heavy (non-hydrogen) atoms. The van der Waals surface area contributed by atoms with Crippen LogP contribution in [0.1, 0.15) is 35.5 Å². The molecule has 0 radical (unpaired) electrons. The van der Waals surface area contributed by atoms with Crippen LogP contribution in [-0.2, 0) is 33.9 Å². The summed E-state index contributed by atoms with van der Waals surface area (Å²) >= 11 is 1.70. The van der Waals surface area contributed by atoms with E-state index in [-0.39, 0.29) is 12.6 Å². The lowest BCUT2D eigenvalue weighted by molar-refractivity contribution is -0.156. The van der Waals surface area contributed by atoms with E-state index in [0.717, 1.165) is 32.2 Å². The average Bonchev–Trinajstić information content (AvgIpc) is 3.55. The molecule has 0 spiro atoms. The van der Waals surface area contributed by atoms with Gasteiger partial charge < -0.3 is 23.8 Å². The summed E-state index contributed by atoms with van der Waals surface area (Å²) in [5.41, 5.74) is 4.69. The molecule has 2 aromatic heterocycles. The average molecular weight is 522 g/mol. The van der Waals surface area contributed by atoms with E-state index >= 15 is 0 Å². The summed E-state index contributed by atoms with van der Waals surface area (Å²) in [5.74, 6) is 1.06.